The highest BCUT2D eigenvalue weighted by Crippen LogP contribution is 2.22. The van der Waals surface area contributed by atoms with Crippen LogP contribution in [0.4, 0.5) is 5.69 Å². The number of methoxy groups -OCH3 is 3. The third kappa shape index (κ3) is 5.58. The smallest absolute Gasteiger partial charge is 0.311 e. The van der Waals surface area contributed by atoms with Crippen LogP contribution in [0.3, 0.4) is 0 Å². The molecule has 0 aliphatic heterocycles. The van der Waals surface area contributed by atoms with Crippen molar-refractivity contribution in [2.75, 3.05) is 21.3 Å². The molecule has 0 spiro atoms. The number of nitrogens with zero attached hydrogens (tertiary/aromatic N) is 3. The molecule has 0 atom stereocenters. The number of aromatic amines is 1. The van der Waals surface area contributed by atoms with E-state index in [1.807, 2.05) is 0 Å². The molecule has 3 aromatic rings. The van der Waals surface area contributed by atoms with E-state index in [0.29, 0.717) is 17.2 Å². The molecular weight excluding hydrogens is 474 g/mol. The number of benzene rings is 2. The number of hydrazone groups is 1. The molecule has 2 N–H and O–H groups in total. The van der Waals surface area contributed by atoms with Crippen LogP contribution in [0, 0.1) is 10.1 Å². The van der Waals surface area contributed by atoms with Gasteiger partial charge < -0.3 is 14.2 Å². The quantitative estimate of drug-likeness (QED) is 0.196. The van der Waals surface area contributed by atoms with Crippen LogP contribution in [0.2, 0.25) is 0 Å². The van der Waals surface area contributed by atoms with E-state index in [-0.39, 0.29) is 34.6 Å². The van der Waals surface area contributed by atoms with E-state index in [1.165, 1.54) is 64.7 Å². The van der Waals surface area contributed by atoms with E-state index in [0.717, 1.165) is 4.68 Å². The van der Waals surface area contributed by atoms with E-state index < -0.39 is 22.4 Å². The van der Waals surface area contributed by atoms with Gasteiger partial charge in [0.15, 0.2) is 0 Å². The van der Waals surface area contributed by atoms with E-state index >= 15 is 0 Å². The molecule has 0 saturated carbocycles. The Labute approximate surface area is 204 Å². The number of nitro benzene ring substituents is 1. The average molecular weight is 497 g/mol. The van der Waals surface area contributed by atoms with Gasteiger partial charge in [-0.15, -0.1) is 0 Å². The van der Waals surface area contributed by atoms with Crippen molar-refractivity contribution in [3.8, 4) is 17.2 Å². The van der Waals surface area contributed by atoms with Gasteiger partial charge >= 0.3 is 5.97 Å². The van der Waals surface area contributed by atoms with Gasteiger partial charge in [0.2, 0.25) is 0 Å². The van der Waals surface area contributed by atoms with Crippen LogP contribution in [-0.2, 0) is 16.0 Å². The monoisotopic (exact) mass is 497 g/mol. The molecule has 1 heterocycles. The zero-order valence-corrected chi connectivity index (χ0v) is 19.9. The molecule has 0 radical (unpaired) electrons. The Balaban J connectivity index is 1.98. The van der Waals surface area contributed by atoms with E-state index in [1.54, 1.807) is 6.07 Å². The number of hydrogen-bond acceptors (Lipinski definition) is 9. The second-order valence-corrected chi connectivity index (χ2v) is 7.37. The number of ether oxygens (including phenoxy) is 3. The van der Waals surface area contributed by atoms with Gasteiger partial charge in [0.05, 0.1) is 55.3 Å². The Morgan fingerprint density at radius 1 is 1.08 bits per heavy atom. The largest absolute Gasteiger partial charge is 0.497 e. The van der Waals surface area contributed by atoms with Crippen molar-refractivity contribution in [2.24, 2.45) is 5.10 Å². The van der Waals surface area contributed by atoms with Crippen molar-refractivity contribution in [1.29, 1.82) is 0 Å². The normalized spacial score (nSPS) is 11.1. The molecule has 0 aliphatic carbocycles. The summed E-state index contributed by atoms with van der Waals surface area (Å²) >= 11 is 0. The SMILES string of the molecule is COC(=O)Cc1[nH]n(-c2ccc([N+](=O)[O-])cc2)c(=O)c1C(C)=NNC(=O)c1cc(OC)cc(OC)c1. The first-order valence-electron chi connectivity index (χ1n) is 10.4. The lowest BCUT2D eigenvalue weighted by atomic mass is 10.1. The molecule has 3 rings (SSSR count). The molecule has 2 aromatic carbocycles. The highest BCUT2D eigenvalue weighted by atomic mass is 16.6. The summed E-state index contributed by atoms with van der Waals surface area (Å²) in [6, 6.07) is 9.83. The topological polar surface area (TPSA) is 167 Å². The standard InChI is InChI=1S/C23H23N5O8/c1-13(24-25-22(30)14-9-17(34-2)11-18(10-14)35-3)21-19(12-20(29)36-4)26-27(23(21)31)15-5-7-16(8-6-15)28(32)33/h5-11,26H,12H2,1-4H3,(H,25,30). The average Bonchev–Trinajstić information content (AvgIpc) is 3.21. The molecule has 1 amide bonds. The minimum atomic E-state index is -0.617. The van der Waals surface area contributed by atoms with Gasteiger partial charge in [-0.25, -0.2) is 10.1 Å². The molecule has 188 valence electrons. The van der Waals surface area contributed by atoms with Crippen molar-refractivity contribution < 1.29 is 28.7 Å². The Hall–Kier alpha value is -4.94. The molecule has 0 bridgehead atoms. The van der Waals surface area contributed by atoms with Crippen molar-refractivity contribution in [3.05, 3.63) is 79.8 Å². The first kappa shape index (κ1) is 25.7. The number of aromatic nitrogens is 2. The summed E-state index contributed by atoms with van der Waals surface area (Å²) < 4.78 is 16.1. The maximum atomic E-state index is 13.2. The Bertz CT molecular complexity index is 1370. The van der Waals surface area contributed by atoms with Crippen molar-refractivity contribution in [1.82, 2.24) is 15.2 Å². The van der Waals surface area contributed by atoms with Crippen LogP contribution < -0.4 is 20.5 Å². The van der Waals surface area contributed by atoms with Gasteiger partial charge in [-0.2, -0.15) is 5.10 Å². The summed E-state index contributed by atoms with van der Waals surface area (Å²) in [6.07, 6.45) is -0.283. The molecule has 13 heteroatoms. The molecular formula is C23H23N5O8. The number of non-ortho nitro benzene ring substituents is 1. The molecule has 0 aliphatic rings. The molecule has 0 saturated heterocycles. The van der Waals surface area contributed by atoms with Crippen LogP contribution in [0.5, 0.6) is 11.5 Å². The minimum absolute atomic E-state index is 0.0299. The van der Waals surface area contributed by atoms with Crippen LogP contribution in [0.1, 0.15) is 28.5 Å². The summed E-state index contributed by atoms with van der Waals surface area (Å²) in [5.74, 6) is -0.407. The van der Waals surface area contributed by atoms with Crippen LogP contribution in [0.25, 0.3) is 5.69 Å². The first-order valence-corrected chi connectivity index (χ1v) is 10.4. The summed E-state index contributed by atoms with van der Waals surface area (Å²) in [6.45, 7) is 1.48. The van der Waals surface area contributed by atoms with E-state index in [4.69, 9.17) is 14.2 Å². The lowest BCUT2D eigenvalue weighted by molar-refractivity contribution is -0.384. The number of amides is 1. The predicted molar refractivity (Wildman–Crippen MR) is 128 cm³/mol. The second kappa shape index (κ2) is 11.0. The maximum absolute atomic E-state index is 13.2. The number of H-pyrrole nitrogens is 1. The van der Waals surface area contributed by atoms with Gasteiger partial charge in [0.25, 0.3) is 17.2 Å². The Kier molecular flexibility index (Phi) is 7.84. The van der Waals surface area contributed by atoms with Crippen molar-refractivity contribution in [3.63, 3.8) is 0 Å². The maximum Gasteiger partial charge on any atom is 0.311 e. The fourth-order valence-corrected chi connectivity index (χ4v) is 3.30. The summed E-state index contributed by atoms with van der Waals surface area (Å²) in [7, 11) is 4.10. The Morgan fingerprint density at radius 3 is 2.22 bits per heavy atom. The van der Waals surface area contributed by atoms with Gasteiger partial charge in [-0.3, -0.25) is 29.6 Å². The zero-order chi connectivity index (χ0) is 26.4. The second-order valence-electron chi connectivity index (χ2n) is 7.37. The lowest BCUT2D eigenvalue weighted by Gasteiger charge is -2.08. The third-order valence-corrected chi connectivity index (χ3v) is 5.13. The minimum Gasteiger partial charge on any atom is -0.497 e. The fourth-order valence-electron chi connectivity index (χ4n) is 3.30. The van der Waals surface area contributed by atoms with Crippen molar-refractivity contribution >= 4 is 23.3 Å². The number of carbonyl (C=O) groups excluding carboxylic acids is 2. The van der Waals surface area contributed by atoms with Crippen LogP contribution >= 0.6 is 0 Å². The van der Waals surface area contributed by atoms with Crippen LogP contribution in [-0.4, -0.2) is 53.6 Å². The predicted octanol–water partition coefficient (Wildman–Crippen LogP) is 1.96. The summed E-state index contributed by atoms with van der Waals surface area (Å²) in [5.41, 5.74) is 2.47. The van der Waals surface area contributed by atoms with Crippen LogP contribution in [0.15, 0.2) is 52.4 Å². The van der Waals surface area contributed by atoms with Crippen molar-refractivity contribution in [2.45, 2.75) is 13.3 Å². The third-order valence-electron chi connectivity index (χ3n) is 5.13. The van der Waals surface area contributed by atoms with Gasteiger partial charge in [0.1, 0.15) is 11.5 Å². The molecule has 36 heavy (non-hydrogen) atoms. The van der Waals surface area contributed by atoms with Gasteiger partial charge in [0, 0.05) is 23.8 Å². The number of rotatable bonds is 9. The molecule has 13 nitrogen and oxygen atoms in total. The van der Waals surface area contributed by atoms with Gasteiger partial charge in [-0.05, 0) is 31.2 Å². The molecule has 0 unspecified atom stereocenters. The van der Waals surface area contributed by atoms with E-state index in [2.05, 4.69) is 15.6 Å². The first-order chi connectivity index (χ1) is 17.2. The number of nitrogens with one attached hydrogen (secondary N) is 2. The number of hydrogen-bond donors (Lipinski definition) is 2. The fraction of sp³-hybridized carbons (Fsp3) is 0.217. The highest BCUT2D eigenvalue weighted by Gasteiger charge is 2.21. The molecule has 1 aromatic heterocycles. The number of nitro groups is 1. The van der Waals surface area contributed by atoms with E-state index in [9.17, 15) is 24.5 Å². The summed E-state index contributed by atoms with van der Waals surface area (Å²) in [5, 5.41) is 17.8. The molecule has 0 fully saturated rings. The zero-order valence-electron chi connectivity index (χ0n) is 19.9. The highest BCUT2D eigenvalue weighted by molar-refractivity contribution is 6.02. The Morgan fingerprint density at radius 2 is 1.69 bits per heavy atom. The number of esters is 1. The van der Waals surface area contributed by atoms with Gasteiger partial charge in [-0.1, -0.05) is 0 Å². The lowest BCUT2D eigenvalue weighted by Crippen LogP contribution is -2.24. The number of carbonyl (C=O) groups is 2. The summed E-state index contributed by atoms with van der Waals surface area (Å²) in [4.78, 5) is 48.2.